The minimum absolute atomic E-state index is 0.0844. The Hall–Kier alpha value is -2.80. The summed E-state index contributed by atoms with van der Waals surface area (Å²) in [6, 6.07) is 9.40. The molecular weight excluding hydrogens is 292 g/mol. The Kier molecular flexibility index (Phi) is 3.33. The molecule has 2 aromatic rings. The first-order valence-corrected chi connectivity index (χ1v) is 6.82. The Balaban J connectivity index is 1.87. The maximum atomic E-state index is 11.8. The number of aliphatic imine (C=N–C) groups is 1. The van der Waals surface area contributed by atoms with Crippen LogP contribution in [0.15, 0.2) is 52.8 Å². The van der Waals surface area contributed by atoms with Crippen molar-refractivity contribution in [2.75, 3.05) is 0 Å². The van der Waals surface area contributed by atoms with E-state index in [-0.39, 0.29) is 17.4 Å². The van der Waals surface area contributed by atoms with Crippen LogP contribution >= 0.6 is 11.3 Å². The molecule has 0 amide bonds. The van der Waals surface area contributed by atoms with Crippen LogP contribution in [0.2, 0.25) is 0 Å². The van der Waals surface area contributed by atoms with Gasteiger partial charge in [-0.25, -0.2) is 4.99 Å². The molecule has 6 nitrogen and oxygen atoms in total. The zero-order valence-electron chi connectivity index (χ0n) is 10.6. The van der Waals surface area contributed by atoms with Crippen molar-refractivity contribution < 1.29 is 14.5 Å². The average Bonchev–Trinajstić information content (AvgIpc) is 3.10. The summed E-state index contributed by atoms with van der Waals surface area (Å²) in [5.74, 6) is 0.00276. The molecule has 21 heavy (non-hydrogen) atoms. The van der Waals surface area contributed by atoms with Crippen LogP contribution < -0.4 is 0 Å². The molecule has 1 aliphatic heterocycles. The molecule has 1 aromatic heterocycles. The number of carbonyl (C=O) groups is 1. The summed E-state index contributed by atoms with van der Waals surface area (Å²) in [5, 5.41) is 12.6. The molecule has 1 aromatic carbocycles. The lowest BCUT2D eigenvalue weighted by molar-refractivity contribution is -0.384. The van der Waals surface area contributed by atoms with Crippen molar-refractivity contribution in [2.45, 2.75) is 0 Å². The van der Waals surface area contributed by atoms with Crippen LogP contribution in [0.5, 0.6) is 0 Å². The molecule has 7 heteroatoms. The number of hydrogen-bond acceptors (Lipinski definition) is 6. The second-order valence-electron chi connectivity index (χ2n) is 4.15. The van der Waals surface area contributed by atoms with E-state index in [1.165, 1.54) is 35.6 Å². The third-order valence-electron chi connectivity index (χ3n) is 2.71. The first kappa shape index (κ1) is 13.2. The molecule has 104 valence electrons. The number of carbonyl (C=O) groups excluding carboxylic acids is 1. The van der Waals surface area contributed by atoms with Gasteiger partial charge in [-0.1, -0.05) is 12.1 Å². The zero-order valence-corrected chi connectivity index (χ0v) is 11.4. The normalized spacial score (nSPS) is 15.9. The van der Waals surface area contributed by atoms with Crippen LogP contribution in [0.25, 0.3) is 5.76 Å². The number of ether oxygens (including phenoxy) is 1. The van der Waals surface area contributed by atoms with Crippen molar-refractivity contribution in [2.24, 2.45) is 4.99 Å². The summed E-state index contributed by atoms with van der Waals surface area (Å²) >= 11 is 1.45. The Bertz CT molecular complexity index is 778. The minimum Gasteiger partial charge on any atom is -0.434 e. The molecule has 0 saturated heterocycles. The summed E-state index contributed by atoms with van der Waals surface area (Å²) < 4.78 is 5.42. The quantitative estimate of drug-likeness (QED) is 0.643. The van der Waals surface area contributed by atoms with E-state index in [4.69, 9.17) is 4.74 Å². The number of rotatable bonds is 3. The lowest BCUT2D eigenvalue weighted by Gasteiger charge is -2.01. The lowest BCUT2D eigenvalue weighted by Crippen LogP contribution is -2.06. The van der Waals surface area contributed by atoms with E-state index in [1.807, 2.05) is 17.5 Å². The molecule has 0 spiro atoms. The number of nitrogens with zero attached hydrogens (tertiary/aromatic N) is 2. The van der Waals surface area contributed by atoms with Crippen molar-refractivity contribution in [3.8, 4) is 0 Å². The fourth-order valence-electron chi connectivity index (χ4n) is 1.78. The molecule has 0 saturated carbocycles. The molecule has 0 bridgehead atoms. The van der Waals surface area contributed by atoms with Crippen LogP contribution in [0, 0.1) is 10.1 Å². The van der Waals surface area contributed by atoms with Crippen LogP contribution in [0.3, 0.4) is 0 Å². The van der Waals surface area contributed by atoms with Crippen LogP contribution in [0.4, 0.5) is 11.4 Å². The van der Waals surface area contributed by atoms with E-state index in [0.717, 1.165) is 4.88 Å². The summed E-state index contributed by atoms with van der Waals surface area (Å²) in [6.45, 7) is 0. The number of hydrogen-bond donors (Lipinski definition) is 0. The van der Waals surface area contributed by atoms with Crippen molar-refractivity contribution in [1.29, 1.82) is 0 Å². The molecule has 0 fully saturated rings. The van der Waals surface area contributed by atoms with Gasteiger partial charge in [0, 0.05) is 18.2 Å². The SMILES string of the molecule is O=C1C=C(c2cccs2)OC1=Nc1cccc([N+](=O)[O-])c1. The van der Waals surface area contributed by atoms with Crippen molar-refractivity contribution in [3.63, 3.8) is 0 Å². The first-order valence-electron chi connectivity index (χ1n) is 5.94. The Morgan fingerprint density at radius 2 is 2.10 bits per heavy atom. The Labute approximate surface area is 123 Å². The zero-order chi connectivity index (χ0) is 14.8. The largest absolute Gasteiger partial charge is 0.434 e. The van der Waals surface area contributed by atoms with E-state index in [1.54, 1.807) is 6.07 Å². The molecule has 3 rings (SSSR count). The van der Waals surface area contributed by atoms with Gasteiger partial charge in [-0.05, 0) is 17.5 Å². The highest BCUT2D eigenvalue weighted by molar-refractivity contribution is 7.11. The Morgan fingerprint density at radius 1 is 1.24 bits per heavy atom. The highest BCUT2D eigenvalue weighted by Gasteiger charge is 2.24. The molecule has 0 atom stereocenters. The van der Waals surface area contributed by atoms with Crippen LogP contribution in [-0.4, -0.2) is 16.6 Å². The number of nitro benzene ring substituents is 1. The van der Waals surface area contributed by atoms with Gasteiger partial charge in [0.25, 0.3) is 11.6 Å². The van der Waals surface area contributed by atoms with Gasteiger partial charge < -0.3 is 4.74 Å². The smallest absolute Gasteiger partial charge is 0.271 e. The van der Waals surface area contributed by atoms with E-state index < -0.39 is 4.92 Å². The van der Waals surface area contributed by atoms with Gasteiger partial charge in [0.15, 0.2) is 5.76 Å². The third-order valence-corrected chi connectivity index (χ3v) is 3.60. The maximum Gasteiger partial charge on any atom is 0.271 e. The lowest BCUT2D eigenvalue weighted by atomic mass is 10.3. The maximum absolute atomic E-state index is 11.8. The van der Waals surface area contributed by atoms with Gasteiger partial charge in [0.05, 0.1) is 15.5 Å². The van der Waals surface area contributed by atoms with E-state index in [9.17, 15) is 14.9 Å². The van der Waals surface area contributed by atoms with Crippen molar-refractivity contribution in [1.82, 2.24) is 0 Å². The minimum atomic E-state index is -0.518. The van der Waals surface area contributed by atoms with Crippen LogP contribution in [-0.2, 0) is 9.53 Å². The van der Waals surface area contributed by atoms with Gasteiger partial charge in [0.1, 0.15) is 0 Å². The third kappa shape index (κ3) is 2.72. The molecule has 0 unspecified atom stereocenters. The first-order chi connectivity index (χ1) is 10.1. The van der Waals surface area contributed by atoms with Crippen molar-refractivity contribution >= 4 is 40.2 Å². The van der Waals surface area contributed by atoms with Crippen LogP contribution in [0.1, 0.15) is 4.88 Å². The van der Waals surface area contributed by atoms with E-state index >= 15 is 0 Å². The second-order valence-corrected chi connectivity index (χ2v) is 5.09. The standard InChI is InChI=1S/C14H8N2O4S/c17-11-8-12(13-5-2-6-21-13)20-14(11)15-9-3-1-4-10(7-9)16(18)19/h1-8H. The molecular formula is C14H8N2O4S. The number of non-ortho nitro benzene ring substituents is 1. The number of nitro groups is 1. The monoisotopic (exact) mass is 300 g/mol. The summed E-state index contributed by atoms with van der Waals surface area (Å²) in [4.78, 5) is 26.9. The second kappa shape index (κ2) is 5.29. The molecule has 1 aliphatic rings. The number of ketones is 1. The van der Waals surface area contributed by atoms with E-state index in [0.29, 0.717) is 11.4 Å². The fourth-order valence-corrected chi connectivity index (χ4v) is 2.45. The van der Waals surface area contributed by atoms with Gasteiger partial charge >= 0.3 is 0 Å². The predicted molar refractivity (Wildman–Crippen MR) is 78.6 cm³/mol. The molecule has 2 heterocycles. The van der Waals surface area contributed by atoms with E-state index in [2.05, 4.69) is 4.99 Å². The molecule has 0 radical (unpaired) electrons. The Morgan fingerprint density at radius 3 is 2.81 bits per heavy atom. The number of thiophene rings is 1. The summed E-state index contributed by atoms with van der Waals surface area (Å²) in [5.41, 5.74) is 0.210. The molecule has 0 N–H and O–H groups in total. The van der Waals surface area contributed by atoms with Gasteiger partial charge in [-0.2, -0.15) is 0 Å². The number of benzene rings is 1. The summed E-state index contributed by atoms with van der Waals surface area (Å²) in [6.07, 6.45) is 1.36. The molecule has 0 aliphatic carbocycles. The highest BCUT2D eigenvalue weighted by Crippen LogP contribution is 2.27. The average molecular weight is 300 g/mol. The van der Waals surface area contributed by atoms with Gasteiger partial charge in [-0.3, -0.25) is 14.9 Å². The highest BCUT2D eigenvalue weighted by atomic mass is 32.1. The fraction of sp³-hybridized carbons (Fsp3) is 0. The van der Waals surface area contributed by atoms with Gasteiger partial charge in [0.2, 0.25) is 5.78 Å². The van der Waals surface area contributed by atoms with Crippen molar-refractivity contribution in [3.05, 3.63) is 62.8 Å². The van der Waals surface area contributed by atoms with Gasteiger partial charge in [-0.15, -0.1) is 11.3 Å². The topological polar surface area (TPSA) is 81.8 Å². The summed E-state index contributed by atoms with van der Waals surface area (Å²) in [7, 11) is 0. The predicted octanol–water partition coefficient (Wildman–Crippen LogP) is 3.33.